The Bertz CT molecular complexity index is 268. The Labute approximate surface area is 136 Å². The molecule has 0 radical (unpaired) electrons. The van der Waals surface area contributed by atoms with Gasteiger partial charge in [0.15, 0.2) is 0 Å². The molecule has 0 aromatic heterocycles. The minimum atomic E-state index is -0.00659. The molecule has 0 heterocycles. The average molecular weight is 312 g/mol. The molecule has 22 heavy (non-hydrogen) atoms. The first-order chi connectivity index (χ1) is 10.8. The Morgan fingerprint density at radius 1 is 0.955 bits per heavy atom. The monoisotopic (exact) mass is 312 g/mol. The summed E-state index contributed by atoms with van der Waals surface area (Å²) in [6.45, 7) is 4.01. The largest absolute Gasteiger partial charge is 0.396 e. The molecule has 0 fully saturated rings. The van der Waals surface area contributed by atoms with Gasteiger partial charge in [0.05, 0.1) is 6.67 Å². The second kappa shape index (κ2) is 18.2. The lowest BCUT2D eigenvalue weighted by Gasteiger charge is -2.05. The van der Waals surface area contributed by atoms with E-state index in [1.807, 2.05) is 6.08 Å². The third-order valence-electron chi connectivity index (χ3n) is 3.64. The Morgan fingerprint density at radius 2 is 1.64 bits per heavy atom. The molecule has 0 aliphatic carbocycles. The predicted molar refractivity (Wildman–Crippen MR) is 93.7 cm³/mol. The zero-order chi connectivity index (χ0) is 16.3. The maximum Gasteiger partial charge on any atom is 0.244 e. The number of carbonyl (C=O) groups excluding carboxylic acids is 1. The minimum absolute atomic E-state index is 0.00659. The van der Waals surface area contributed by atoms with Crippen LogP contribution in [0.1, 0.15) is 77.6 Å². The van der Waals surface area contributed by atoms with Crippen LogP contribution < -0.4 is 10.6 Å². The van der Waals surface area contributed by atoms with E-state index in [1.165, 1.54) is 44.9 Å². The van der Waals surface area contributed by atoms with Gasteiger partial charge in [-0.05, 0) is 38.3 Å². The normalized spacial score (nSPS) is 11.2. The summed E-state index contributed by atoms with van der Waals surface area (Å²) in [4.78, 5) is 11.5. The van der Waals surface area contributed by atoms with Crippen molar-refractivity contribution < 1.29 is 9.90 Å². The van der Waals surface area contributed by atoms with Crippen molar-refractivity contribution in [3.63, 3.8) is 0 Å². The molecule has 0 saturated carbocycles. The number of amides is 1. The molecular formula is C18H36N2O2. The smallest absolute Gasteiger partial charge is 0.244 e. The van der Waals surface area contributed by atoms with Crippen molar-refractivity contribution in [2.45, 2.75) is 77.6 Å². The molecule has 130 valence electrons. The highest BCUT2D eigenvalue weighted by molar-refractivity contribution is 5.87. The molecule has 0 bridgehead atoms. The Kier molecular flexibility index (Phi) is 17.5. The molecule has 0 unspecified atom stereocenters. The fourth-order valence-electron chi connectivity index (χ4n) is 2.25. The van der Waals surface area contributed by atoms with Gasteiger partial charge in [-0.25, -0.2) is 0 Å². The van der Waals surface area contributed by atoms with Gasteiger partial charge in [-0.3, -0.25) is 10.1 Å². The number of hydrogen-bond acceptors (Lipinski definition) is 3. The second-order valence-corrected chi connectivity index (χ2v) is 5.81. The van der Waals surface area contributed by atoms with E-state index in [9.17, 15) is 4.79 Å². The van der Waals surface area contributed by atoms with Crippen LogP contribution in [0.5, 0.6) is 0 Å². The highest BCUT2D eigenvalue weighted by atomic mass is 16.2. The quantitative estimate of drug-likeness (QED) is 0.232. The van der Waals surface area contributed by atoms with E-state index in [-0.39, 0.29) is 5.91 Å². The molecule has 0 spiro atoms. The summed E-state index contributed by atoms with van der Waals surface area (Å²) >= 11 is 0. The molecular weight excluding hydrogens is 276 g/mol. The van der Waals surface area contributed by atoms with Gasteiger partial charge in [-0.2, -0.15) is 0 Å². The highest BCUT2D eigenvalue weighted by Gasteiger charge is 1.94. The van der Waals surface area contributed by atoms with Gasteiger partial charge in [-0.1, -0.05) is 57.9 Å². The summed E-state index contributed by atoms with van der Waals surface area (Å²) in [5, 5.41) is 14.7. The van der Waals surface area contributed by atoms with Crippen LogP contribution in [0.15, 0.2) is 12.2 Å². The lowest BCUT2D eigenvalue weighted by atomic mass is 10.1. The van der Waals surface area contributed by atoms with Crippen LogP contribution in [0, 0.1) is 0 Å². The van der Waals surface area contributed by atoms with Crippen molar-refractivity contribution >= 4 is 5.91 Å². The highest BCUT2D eigenvalue weighted by Crippen LogP contribution is 2.06. The number of unbranched alkanes of at least 4 members (excludes halogenated alkanes) is 9. The van der Waals surface area contributed by atoms with Gasteiger partial charge in [0, 0.05) is 6.61 Å². The van der Waals surface area contributed by atoms with Crippen LogP contribution in [0.2, 0.25) is 0 Å². The van der Waals surface area contributed by atoms with Crippen LogP contribution in [-0.4, -0.2) is 30.8 Å². The topological polar surface area (TPSA) is 61.4 Å². The first-order valence-electron chi connectivity index (χ1n) is 9.07. The number of rotatable bonds is 16. The summed E-state index contributed by atoms with van der Waals surface area (Å²) in [5.74, 6) is -0.00659. The predicted octanol–water partition coefficient (Wildman–Crippen LogP) is 3.51. The Morgan fingerprint density at radius 3 is 2.32 bits per heavy atom. The molecule has 0 aliphatic heterocycles. The number of nitrogens with one attached hydrogen (secondary N) is 2. The van der Waals surface area contributed by atoms with Crippen LogP contribution in [0.25, 0.3) is 0 Å². The molecule has 0 rings (SSSR count). The van der Waals surface area contributed by atoms with E-state index in [0.717, 1.165) is 32.2 Å². The van der Waals surface area contributed by atoms with Crippen LogP contribution in [0.3, 0.4) is 0 Å². The van der Waals surface area contributed by atoms with Crippen molar-refractivity contribution in [2.75, 3.05) is 19.8 Å². The van der Waals surface area contributed by atoms with E-state index in [4.69, 9.17) is 5.11 Å². The van der Waals surface area contributed by atoms with E-state index in [1.54, 1.807) is 6.08 Å². The molecule has 0 saturated heterocycles. The first-order valence-corrected chi connectivity index (χ1v) is 9.07. The van der Waals surface area contributed by atoms with Crippen LogP contribution in [0.4, 0.5) is 0 Å². The lowest BCUT2D eigenvalue weighted by molar-refractivity contribution is -0.116. The lowest BCUT2D eigenvalue weighted by Crippen LogP contribution is -2.33. The van der Waals surface area contributed by atoms with Gasteiger partial charge in [0.2, 0.25) is 5.91 Å². The molecule has 3 N–H and O–H groups in total. The molecule has 0 atom stereocenters. The van der Waals surface area contributed by atoms with Gasteiger partial charge < -0.3 is 10.4 Å². The number of allylic oxidation sites excluding steroid dienone is 1. The summed E-state index contributed by atoms with van der Waals surface area (Å²) < 4.78 is 0. The minimum Gasteiger partial charge on any atom is -0.396 e. The molecule has 4 nitrogen and oxygen atoms in total. The molecule has 0 aromatic rings. The average Bonchev–Trinajstić information content (AvgIpc) is 2.52. The fraction of sp³-hybridized carbons (Fsp3) is 0.833. The van der Waals surface area contributed by atoms with Gasteiger partial charge in [-0.15, -0.1) is 0 Å². The second-order valence-electron chi connectivity index (χ2n) is 5.81. The number of carbonyl (C=O) groups is 1. The summed E-state index contributed by atoms with van der Waals surface area (Å²) in [6.07, 6.45) is 16.4. The first kappa shape index (κ1) is 21.1. The van der Waals surface area contributed by atoms with Crippen molar-refractivity contribution in [1.82, 2.24) is 10.6 Å². The number of aliphatic hydroxyl groups excluding tert-OH is 1. The van der Waals surface area contributed by atoms with E-state index in [0.29, 0.717) is 13.3 Å². The maximum absolute atomic E-state index is 11.5. The third kappa shape index (κ3) is 17.2. The number of hydrogen-bond donors (Lipinski definition) is 3. The molecule has 1 amide bonds. The van der Waals surface area contributed by atoms with E-state index < -0.39 is 0 Å². The van der Waals surface area contributed by atoms with Gasteiger partial charge in [0.1, 0.15) is 0 Å². The summed E-state index contributed by atoms with van der Waals surface area (Å²) in [6, 6.07) is 0. The third-order valence-corrected chi connectivity index (χ3v) is 3.64. The summed E-state index contributed by atoms with van der Waals surface area (Å²) in [5.41, 5.74) is 0. The van der Waals surface area contributed by atoms with Gasteiger partial charge in [0.25, 0.3) is 0 Å². The number of aliphatic hydroxyl groups is 1. The van der Waals surface area contributed by atoms with Crippen molar-refractivity contribution in [1.29, 1.82) is 0 Å². The van der Waals surface area contributed by atoms with Crippen molar-refractivity contribution in [3.05, 3.63) is 12.2 Å². The fourth-order valence-corrected chi connectivity index (χ4v) is 2.25. The summed E-state index contributed by atoms with van der Waals surface area (Å²) in [7, 11) is 0. The standard InChI is InChI=1S/C18H36N2O2/c1-2-3-4-8-11-14-18(22)20-17-19-15-12-9-6-5-7-10-13-16-21/h11,14,19,21H,2-10,12-13,15-17H2,1H3,(H,20,22)/b14-11+. The SMILES string of the molecule is CCCCC/C=C/C(=O)NCNCCCCCCCCCO. The van der Waals surface area contributed by atoms with E-state index in [2.05, 4.69) is 17.6 Å². The van der Waals surface area contributed by atoms with Crippen molar-refractivity contribution in [2.24, 2.45) is 0 Å². The zero-order valence-electron chi connectivity index (χ0n) is 14.4. The van der Waals surface area contributed by atoms with Gasteiger partial charge >= 0.3 is 0 Å². The van der Waals surface area contributed by atoms with E-state index >= 15 is 0 Å². The molecule has 0 aliphatic rings. The molecule has 4 heteroatoms. The van der Waals surface area contributed by atoms with Crippen molar-refractivity contribution in [3.8, 4) is 0 Å². The van der Waals surface area contributed by atoms with Crippen LogP contribution in [-0.2, 0) is 4.79 Å². The Hall–Kier alpha value is -0.870. The zero-order valence-corrected chi connectivity index (χ0v) is 14.4. The Balaban J connectivity index is 3.20. The maximum atomic E-state index is 11.5. The molecule has 0 aromatic carbocycles. The van der Waals surface area contributed by atoms with Crippen LogP contribution >= 0.6 is 0 Å².